The van der Waals surface area contributed by atoms with Gasteiger partial charge in [-0.15, -0.1) is 0 Å². The number of Topliss-reactive ketones (excluding diaryl/α,β-unsaturated/α-hetero) is 1. The predicted octanol–water partition coefficient (Wildman–Crippen LogP) is 0.649. The molecule has 1 saturated heterocycles. The minimum Gasteiger partial charge on any atom is -0.303 e. The maximum absolute atomic E-state index is 13.5. The third-order valence-electron chi connectivity index (χ3n) is 3.19. The Labute approximate surface area is 100 Å². The van der Waals surface area contributed by atoms with Crippen LogP contribution in [0.15, 0.2) is 18.5 Å². The Kier molecular flexibility index (Phi) is 3.49. The van der Waals surface area contributed by atoms with Gasteiger partial charge in [-0.3, -0.25) is 14.7 Å². The molecule has 92 valence electrons. The van der Waals surface area contributed by atoms with Gasteiger partial charge < -0.3 is 4.90 Å². The van der Waals surface area contributed by atoms with Crippen molar-refractivity contribution in [2.24, 2.45) is 0 Å². The van der Waals surface area contributed by atoms with Gasteiger partial charge in [0.1, 0.15) is 0 Å². The van der Waals surface area contributed by atoms with Gasteiger partial charge in [0.2, 0.25) is 0 Å². The van der Waals surface area contributed by atoms with Crippen molar-refractivity contribution in [3.8, 4) is 0 Å². The summed E-state index contributed by atoms with van der Waals surface area (Å²) in [7, 11) is 3.87. The fourth-order valence-corrected chi connectivity index (χ4v) is 2.05. The van der Waals surface area contributed by atoms with Crippen molar-refractivity contribution in [2.75, 3.05) is 33.7 Å². The van der Waals surface area contributed by atoms with Gasteiger partial charge >= 0.3 is 0 Å². The summed E-state index contributed by atoms with van der Waals surface area (Å²) < 4.78 is 13.5. The van der Waals surface area contributed by atoms with E-state index in [0.29, 0.717) is 6.54 Å². The molecular formula is C12H16FN3O. The second-order valence-electron chi connectivity index (χ2n) is 4.48. The topological polar surface area (TPSA) is 36.4 Å². The van der Waals surface area contributed by atoms with E-state index in [1.807, 2.05) is 19.0 Å². The molecule has 1 aliphatic rings. The van der Waals surface area contributed by atoms with E-state index in [2.05, 4.69) is 9.88 Å². The van der Waals surface area contributed by atoms with Crippen LogP contribution in [0.3, 0.4) is 0 Å². The van der Waals surface area contributed by atoms with Crippen LogP contribution in [-0.2, 0) is 0 Å². The zero-order valence-corrected chi connectivity index (χ0v) is 10.1. The van der Waals surface area contributed by atoms with E-state index >= 15 is 0 Å². The molecule has 0 N–H and O–H groups in total. The second kappa shape index (κ2) is 4.89. The number of aromatic nitrogens is 1. The number of hydrogen-bond acceptors (Lipinski definition) is 4. The van der Waals surface area contributed by atoms with E-state index in [4.69, 9.17) is 0 Å². The number of halogens is 1. The molecule has 1 aromatic heterocycles. The van der Waals surface area contributed by atoms with Gasteiger partial charge in [0.25, 0.3) is 0 Å². The molecule has 0 amide bonds. The molecule has 0 spiro atoms. The van der Waals surface area contributed by atoms with Crippen molar-refractivity contribution in [1.29, 1.82) is 0 Å². The summed E-state index contributed by atoms with van der Waals surface area (Å²) >= 11 is 0. The summed E-state index contributed by atoms with van der Waals surface area (Å²) in [6, 6.07) is 1.17. The first-order valence-corrected chi connectivity index (χ1v) is 5.62. The molecule has 0 bridgehead atoms. The summed E-state index contributed by atoms with van der Waals surface area (Å²) in [5.74, 6) is -0.710. The van der Waals surface area contributed by atoms with E-state index < -0.39 is 5.82 Å². The third kappa shape index (κ3) is 2.50. The van der Waals surface area contributed by atoms with Gasteiger partial charge in [-0.2, -0.15) is 0 Å². The zero-order chi connectivity index (χ0) is 12.4. The number of piperazine rings is 1. The highest BCUT2D eigenvalue weighted by Gasteiger charge is 2.30. The number of nitrogens with zero attached hydrogens (tertiary/aromatic N) is 3. The Morgan fingerprint density at radius 2 is 2.24 bits per heavy atom. The Morgan fingerprint density at radius 1 is 1.47 bits per heavy atom. The van der Waals surface area contributed by atoms with Crippen molar-refractivity contribution in [1.82, 2.24) is 14.8 Å². The van der Waals surface area contributed by atoms with E-state index in [9.17, 15) is 9.18 Å². The molecule has 0 saturated carbocycles. The monoisotopic (exact) mass is 237 g/mol. The van der Waals surface area contributed by atoms with Crippen LogP contribution in [0.5, 0.6) is 0 Å². The van der Waals surface area contributed by atoms with E-state index in [1.54, 1.807) is 0 Å². The Bertz CT molecular complexity index is 424. The maximum atomic E-state index is 13.5. The fourth-order valence-electron chi connectivity index (χ4n) is 2.05. The molecule has 5 heteroatoms. The van der Waals surface area contributed by atoms with Gasteiger partial charge in [-0.05, 0) is 20.2 Å². The summed E-state index contributed by atoms with van der Waals surface area (Å²) in [5, 5.41) is 0. The Morgan fingerprint density at radius 3 is 2.94 bits per heavy atom. The molecule has 2 rings (SSSR count). The number of likely N-dealkylation sites (N-methyl/N-ethyl adjacent to an activating group) is 2. The lowest BCUT2D eigenvalue weighted by Gasteiger charge is -2.36. The van der Waals surface area contributed by atoms with E-state index in [-0.39, 0.29) is 17.4 Å². The van der Waals surface area contributed by atoms with Crippen LogP contribution in [0.1, 0.15) is 10.4 Å². The van der Waals surface area contributed by atoms with Crippen LogP contribution in [0.4, 0.5) is 4.39 Å². The van der Waals surface area contributed by atoms with Crippen molar-refractivity contribution in [3.05, 3.63) is 29.8 Å². The van der Waals surface area contributed by atoms with Crippen molar-refractivity contribution in [2.45, 2.75) is 6.04 Å². The standard InChI is InChI=1S/C12H16FN3O/c1-15-5-6-16(2)11(8-15)12(17)9-3-4-14-7-10(9)13/h3-4,7,11H,5-6,8H2,1-2H3. The van der Waals surface area contributed by atoms with Crippen LogP contribution in [0, 0.1) is 5.82 Å². The quantitative estimate of drug-likeness (QED) is 0.708. The molecule has 1 atom stereocenters. The Hall–Kier alpha value is -1.33. The molecule has 0 aliphatic carbocycles. The molecule has 2 heterocycles. The number of carbonyl (C=O) groups is 1. The van der Waals surface area contributed by atoms with Crippen LogP contribution in [0.2, 0.25) is 0 Å². The lowest BCUT2D eigenvalue weighted by Crippen LogP contribution is -2.53. The molecule has 1 aliphatic heterocycles. The van der Waals surface area contributed by atoms with Gasteiger partial charge in [-0.25, -0.2) is 4.39 Å². The molecular weight excluding hydrogens is 221 g/mol. The molecule has 1 aromatic rings. The highest BCUT2D eigenvalue weighted by molar-refractivity contribution is 6.00. The number of pyridine rings is 1. The highest BCUT2D eigenvalue weighted by atomic mass is 19.1. The van der Waals surface area contributed by atoms with Crippen molar-refractivity contribution in [3.63, 3.8) is 0 Å². The van der Waals surface area contributed by atoms with Crippen LogP contribution >= 0.6 is 0 Å². The lowest BCUT2D eigenvalue weighted by atomic mass is 10.0. The van der Waals surface area contributed by atoms with Gasteiger partial charge in [-0.1, -0.05) is 0 Å². The molecule has 0 radical (unpaired) electrons. The van der Waals surface area contributed by atoms with E-state index in [0.717, 1.165) is 19.3 Å². The minimum atomic E-state index is -0.542. The average molecular weight is 237 g/mol. The zero-order valence-electron chi connectivity index (χ0n) is 10.1. The molecule has 1 unspecified atom stereocenters. The van der Waals surface area contributed by atoms with Crippen molar-refractivity contribution < 1.29 is 9.18 Å². The first kappa shape index (κ1) is 12.1. The summed E-state index contributed by atoms with van der Waals surface area (Å²) in [5.41, 5.74) is 0.132. The summed E-state index contributed by atoms with van der Waals surface area (Å²) in [6.45, 7) is 2.38. The van der Waals surface area contributed by atoms with Crippen LogP contribution in [0.25, 0.3) is 0 Å². The lowest BCUT2D eigenvalue weighted by molar-refractivity contribution is 0.0682. The number of rotatable bonds is 2. The molecule has 1 fully saturated rings. The summed E-state index contributed by atoms with van der Waals surface area (Å²) in [4.78, 5) is 20.0. The largest absolute Gasteiger partial charge is 0.303 e. The van der Waals surface area contributed by atoms with Crippen LogP contribution < -0.4 is 0 Å². The first-order chi connectivity index (χ1) is 8.09. The second-order valence-corrected chi connectivity index (χ2v) is 4.48. The first-order valence-electron chi connectivity index (χ1n) is 5.62. The highest BCUT2D eigenvalue weighted by Crippen LogP contribution is 2.14. The third-order valence-corrected chi connectivity index (χ3v) is 3.19. The van der Waals surface area contributed by atoms with Gasteiger partial charge in [0, 0.05) is 25.8 Å². The Balaban J connectivity index is 2.22. The average Bonchev–Trinajstić information content (AvgIpc) is 2.32. The minimum absolute atomic E-state index is 0.132. The van der Waals surface area contributed by atoms with Gasteiger partial charge in [0.05, 0.1) is 17.8 Å². The number of hydrogen-bond donors (Lipinski definition) is 0. The van der Waals surface area contributed by atoms with Crippen LogP contribution in [-0.4, -0.2) is 60.3 Å². The van der Waals surface area contributed by atoms with Gasteiger partial charge in [0.15, 0.2) is 11.6 Å². The fraction of sp³-hybridized carbons (Fsp3) is 0.500. The smallest absolute Gasteiger partial charge is 0.184 e. The van der Waals surface area contributed by atoms with E-state index in [1.165, 1.54) is 12.3 Å². The number of carbonyl (C=O) groups excluding carboxylic acids is 1. The summed E-state index contributed by atoms with van der Waals surface area (Å²) in [6.07, 6.45) is 2.53. The number of ketones is 1. The van der Waals surface area contributed by atoms with Crippen molar-refractivity contribution >= 4 is 5.78 Å². The molecule has 17 heavy (non-hydrogen) atoms. The molecule has 4 nitrogen and oxygen atoms in total. The maximum Gasteiger partial charge on any atom is 0.184 e. The normalized spacial score (nSPS) is 22.6. The SMILES string of the molecule is CN1CCN(C)C(C(=O)c2ccncc2F)C1. The predicted molar refractivity (Wildman–Crippen MR) is 62.4 cm³/mol. The molecule has 0 aromatic carbocycles.